The van der Waals surface area contributed by atoms with E-state index in [0.717, 1.165) is 49.7 Å². The number of hydrogen-bond acceptors (Lipinski definition) is 5. The zero-order valence-electron chi connectivity index (χ0n) is 19.9. The molecule has 184 valence electrons. The van der Waals surface area contributed by atoms with Gasteiger partial charge in [-0.2, -0.15) is 4.98 Å². The Bertz CT molecular complexity index is 1120. The summed E-state index contributed by atoms with van der Waals surface area (Å²) in [7, 11) is 0. The Balaban J connectivity index is 1.44. The number of hydrogen-bond donors (Lipinski definition) is 2. The lowest BCUT2D eigenvalue weighted by atomic mass is 9.89. The highest BCUT2D eigenvalue weighted by atomic mass is 19.1. The Kier molecular flexibility index (Phi) is 7.90. The minimum atomic E-state index is -0.618. The molecule has 1 unspecified atom stereocenters. The molecule has 3 aromatic rings. The number of nitrogens with zero attached hydrogens (tertiary/aromatic N) is 2. The van der Waals surface area contributed by atoms with Crippen LogP contribution in [0.15, 0.2) is 59.1 Å². The normalized spacial score (nSPS) is 16.2. The number of carbonyl (C=O) groups excluding carboxylic acids is 2. The van der Waals surface area contributed by atoms with E-state index in [1.807, 2.05) is 30.3 Å². The summed E-state index contributed by atoms with van der Waals surface area (Å²) in [5.74, 6) is 0.213. The number of halogens is 1. The van der Waals surface area contributed by atoms with Crippen LogP contribution in [-0.4, -0.2) is 22.0 Å². The average Bonchev–Trinajstić information content (AvgIpc) is 3.22. The van der Waals surface area contributed by atoms with Crippen LogP contribution in [0.4, 0.5) is 4.39 Å². The van der Waals surface area contributed by atoms with Crippen molar-refractivity contribution >= 4 is 11.8 Å². The maximum Gasteiger partial charge on any atom is 0.227 e. The summed E-state index contributed by atoms with van der Waals surface area (Å²) in [5, 5.41) is 10.3. The molecule has 2 amide bonds. The van der Waals surface area contributed by atoms with Gasteiger partial charge in [-0.3, -0.25) is 9.59 Å². The first-order valence-electron chi connectivity index (χ1n) is 12.2. The van der Waals surface area contributed by atoms with Gasteiger partial charge in [-0.25, -0.2) is 4.39 Å². The number of carbonyl (C=O) groups is 2. The van der Waals surface area contributed by atoms with Gasteiger partial charge in [0.25, 0.3) is 0 Å². The molecule has 7 nitrogen and oxygen atoms in total. The number of aromatic nitrogens is 2. The quantitative estimate of drug-likeness (QED) is 0.456. The summed E-state index contributed by atoms with van der Waals surface area (Å²) < 4.78 is 18.9. The number of nitrogens with one attached hydrogen (secondary N) is 2. The Morgan fingerprint density at radius 3 is 2.31 bits per heavy atom. The molecule has 4 rings (SSSR count). The van der Waals surface area contributed by atoms with E-state index in [0.29, 0.717) is 11.7 Å². The van der Waals surface area contributed by atoms with Crippen LogP contribution in [0.25, 0.3) is 0 Å². The molecule has 1 atom stereocenters. The van der Waals surface area contributed by atoms with Crippen molar-refractivity contribution in [3.8, 4) is 0 Å². The van der Waals surface area contributed by atoms with Gasteiger partial charge in [-0.05, 0) is 36.1 Å². The zero-order valence-corrected chi connectivity index (χ0v) is 19.9. The molecule has 0 bridgehead atoms. The zero-order chi connectivity index (χ0) is 24.7. The third-order valence-corrected chi connectivity index (χ3v) is 6.48. The number of amides is 2. The highest BCUT2D eigenvalue weighted by molar-refractivity contribution is 5.77. The van der Waals surface area contributed by atoms with Crippen LogP contribution < -0.4 is 10.6 Å². The number of rotatable bonds is 8. The standard InChI is InChI=1S/C27H31FN4O3/c1-19(33)31-27(17-7-2-3-8-18-27)26-30-24(35-32-26)16-15-23(34)29-25(20-9-5-4-6-10-20)21-11-13-22(28)14-12-21/h4-6,9-14,25H,2-3,7-8,15-18H2,1H3,(H,29,34)(H,31,33). The maximum atomic E-state index is 13.4. The predicted octanol–water partition coefficient (Wildman–Crippen LogP) is 4.73. The Hall–Kier alpha value is -3.55. The molecule has 8 heteroatoms. The van der Waals surface area contributed by atoms with Gasteiger partial charge in [0.1, 0.15) is 11.4 Å². The molecular formula is C27H31FN4O3. The predicted molar refractivity (Wildman–Crippen MR) is 129 cm³/mol. The van der Waals surface area contributed by atoms with Crippen LogP contribution in [-0.2, 0) is 21.5 Å². The highest BCUT2D eigenvalue weighted by Crippen LogP contribution is 2.34. The van der Waals surface area contributed by atoms with Crippen LogP contribution in [0.1, 0.15) is 80.8 Å². The van der Waals surface area contributed by atoms with Crippen molar-refractivity contribution in [3.05, 3.63) is 83.3 Å². The lowest BCUT2D eigenvalue weighted by Gasteiger charge is -2.30. The van der Waals surface area contributed by atoms with Crippen molar-refractivity contribution in [1.82, 2.24) is 20.8 Å². The summed E-state index contributed by atoms with van der Waals surface area (Å²) in [5.41, 5.74) is 1.07. The lowest BCUT2D eigenvalue weighted by molar-refractivity contribution is -0.122. The highest BCUT2D eigenvalue weighted by Gasteiger charge is 2.38. The second-order valence-corrected chi connectivity index (χ2v) is 9.15. The Morgan fingerprint density at radius 2 is 1.66 bits per heavy atom. The molecule has 0 saturated heterocycles. The van der Waals surface area contributed by atoms with E-state index in [2.05, 4.69) is 20.8 Å². The summed E-state index contributed by atoms with van der Waals surface area (Å²) in [6.07, 6.45) is 6.16. The monoisotopic (exact) mass is 478 g/mol. The molecule has 35 heavy (non-hydrogen) atoms. The molecule has 0 radical (unpaired) electrons. The summed E-state index contributed by atoms with van der Waals surface area (Å²) >= 11 is 0. The van der Waals surface area contributed by atoms with Crippen molar-refractivity contribution in [1.29, 1.82) is 0 Å². The van der Waals surface area contributed by atoms with E-state index in [1.165, 1.54) is 19.1 Å². The van der Waals surface area contributed by atoms with Gasteiger partial charge in [0.05, 0.1) is 6.04 Å². The van der Waals surface area contributed by atoms with Gasteiger partial charge in [-0.1, -0.05) is 73.3 Å². The molecule has 1 aromatic heterocycles. The van der Waals surface area contributed by atoms with Gasteiger partial charge in [-0.15, -0.1) is 0 Å². The molecule has 1 fully saturated rings. The molecule has 1 saturated carbocycles. The van der Waals surface area contributed by atoms with E-state index >= 15 is 0 Å². The topological polar surface area (TPSA) is 97.1 Å². The largest absolute Gasteiger partial charge is 0.345 e. The molecule has 0 spiro atoms. The van der Waals surface area contributed by atoms with E-state index in [9.17, 15) is 14.0 Å². The SMILES string of the molecule is CC(=O)NC1(c2noc(CCC(=O)NC(c3ccccc3)c3ccc(F)cc3)n2)CCCCCC1. The van der Waals surface area contributed by atoms with Crippen LogP contribution in [0, 0.1) is 5.82 Å². The van der Waals surface area contributed by atoms with Crippen molar-refractivity contribution in [2.24, 2.45) is 0 Å². The van der Waals surface area contributed by atoms with Crippen molar-refractivity contribution in [3.63, 3.8) is 0 Å². The molecular weight excluding hydrogens is 447 g/mol. The Morgan fingerprint density at radius 1 is 1.00 bits per heavy atom. The fourth-order valence-electron chi connectivity index (χ4n) is 4.74. The van der Waals surface area contributed by atoms with Crippen LogP contribution in [0.3, 0.4) is 0 Å². The van der Waals surface area contributed by atoms with Crippen LogP contribution in [0.2, 0.25) is 0 Å². The molecule has 2 aromatic carbocycles. The maximum absolute atomic E-state index is 13.4. The molecule has 1 heterocycles. The van der Waals surface area contributed by atoms with Crippen molar-refractivity contribution in [2.45, 2.75) is 69.9 Å². The summed E-state index contributed by atoms with van der Waals surface area (Å²) in [6.45, 7) is 1.50. The first-order chi connectivity index (χ1) is 16.9. The number of aryl methyl sites for hydroxylation is 1. The van der Waals surface area contributed by atoms with Crippen molar-refractivity contribution < 1.29 is 18.5 Å². The van der Waals surface area contributed by atoms with Crippen molar-refractivity contribution in [2.75, 3.05) is 0 Å². The van der Waals surface area contributed by atoms with Gasteiger partial charge in [0.2, 0.25) is 17.7 Å². The first kappa shape index (κ1) is 24.6. The van der Waals surface area contributed by atoms with Gasteiger partial charge in [0, 0.05) is 19.8 Å². The van der Waals surface area contributed by atoms with Crippen LogP contribution in [0.5, 0.6) is 0 Å². The molecule has 2 N–H and O–H groups in total. The Labute approximate surface area is 204 Å². The fourth-order valence-corrected chi connectivity index (χ4v) is 4.74. The third-order valence-electron chi connectivity index (χ3n) is 6.48. The number of benzene rings is 2. The lowest BCUT2D eigenvalue weighted by Crippen LogP contribution is -2.45. The summed E-state index contributed by atoms with van der Waals surface area (Å²) in [6, 6.07) is 15.3. The second kappa shape index (κ2) is 11.3. The average molecular weight is 479 g/mol. The smallest absolute Gasteiger partial charge is 0.227 e. The molecule has 0 aliphatic heterocycles. The van der Waals surface area contributed by atoms with Gasteiger partial charge < -0.3 is 15.2 Å². The minimum Gasteiger partial charge on any atom is -0.345 e. The minimum absolute atomic E-state index is 0.120. The van der Waals surface area contributed by atoms with Gasteiger partial charge in [0.15, 0.2) is 5.82 Å². The van der Waals surface area contributed by atoms with Gasteiger partial charge >= 0.3 is 0 Å². The van der Waals surface area contributed by atoms with Crippen LogP contribution >= 0.6 is 0 Å². The third kappa shape index (κ3) is 6.32. The van der Waals surface area contributed by atoms with E-state index in [4.69, 9.17) is 4.52 Å². The first-order valence-corrected chi connectivity index (χ1v) is 12.2. The van der Waals surface area contributed by atoms with E-state index in [-0.39, 0.29) is 30.5 Å². The van der Waals surface area contributed by atoms with E-state index < -0.39 is 11.6 Å². The molecule has 1 aliphatic carbocycles. The fraction of sp³-hybridized carbons (Fsp3) is 0.407. The molecule has 1 aliphatic rings. The van der Waals surface area contributed by atoms with E-state index in [1.54, 1.807) is 12.1 Å². The second-order valence-electron chi connectivity index (χ2n) is 9.15. The summed E-state index contributed by atoms with van der Waals surface area (Å²) in [4.78, 5) is 29.3.